The second kappa shape index (κ2) is 29.2. The minimum absolute atomic E-state index is 0. The molecule has 6 aromatic rings. The van der Waals surface area contributed by atoms with Crippen LogP contribution in [0.15, 0.2) is 84.9 Å². The number of carbonyl (C=O) groups excluding carboxylic acids is 5. The van der Waals surface area contributed by atoms with Gasteiger partial charge in [-0.1, -0.05) is 94.4 Å². The number of benzene rings is 4. The molecular weight excluding hydrogens is 1050 g/mol. The number of carbonyl (C=O) groups is 6. The number of para-hydroxylation sites is 2. The average Bonchev–Trinajstić information content (AvgIpc) is 3.94. The zero-order chi connectivity index (χ0) is 50.0. The number of aliphatic carboxylic acids is 1. The first kappa shape index (κ1) is 59.1. The van der Waals surface area contributed by atoms with Crippen molar-refractivity contribution in [1.29, 1.82) is 0 Å². The van der Waals surface area contributed by atoms with Gasteiger partial charge in [0.2, 0.25) is 0 Å². The molecule has 26 heteroatoms. The summed E-state index contributed by atoms with van der Waals surface area (Å²) >= 11 is 14.4. The molecule has 382 valence electrons. The standard InChI is InChI=1S/C23H24ClFN4O5S.C22H22ClFN4O5S.2H2S/c1-29(22(31)26-12-14-6-5-7-16(25)20(14)24)15(10-11-19(30)33-2)13-34-23(32)28-21-27-17-8-3-4-9-18(17)35-21;1-28(21(31)25-11-13-5-4-6-15(24)19(13)23)14(9-10-18(29)30)12-33-22(32)27-20-26-16-7-2-3-8-17(16)34-20;;/h3-9,15H,10-13H2,1-2H3,(H,26,31)(H,27,28,32);2-8,14H,9-12H2,1H3,(H,25,31)(H,29,30)(H,26,27,32);2*1H2/t15-;14-;;/m00../s1. The molecule has 0 bridgehead atoms. The monoisotopic (exact) mass is 1100 g/mol. The molecule has 0 aliphatic carbocycles. The van der Waals surface area contributed by atoms with Gasteiger partial charge in [-0.3, -0.25) is 20.2 Å². The van der Waals surface area contributed by atoms with Crippen LogP contribution in [-0.4, -0.2) is 108 Å². The van der Waals surface area contributed by atoms with Gasteiger partial charge >= 0.3 is 36.2 Å². The fraction of sp³-hybridized carbons (Fsp3) is 0.289. The van der Waals surface area contributed by atoms with E-state index >= 15 is 0 Å². The Morgan fingerprint density at radius 3 is 1.45 bits per heavy atom. The fourth-order valence-electron chi connectivity index (χ4n) is 6.19. The molecule has 6 rings (SSSR count). The topological polar surface area (TPSA) is 231 Å². The number of hydrogen-bond acceptors (Lipinski definition) is 13. The number of ether oxygens (including phenoxy) is 3. The summed E-state index contributed by atoms with van der Waals surface area (Å²) in [5, 5.41) is 20.0. The van der Waals surface area contributed by atoms with E-state index in [-0.39, 0.29) is 89.0 Å². The summed E-state index contributed by atoms with van der Waals surface area (Å²) in [5.41, 5.74) is 2.28. The lowest BCUT2D eigenvalue weighted by molar-refractivity contribution is -0.141. The molecule has 4 aromatic carbocycles. The molecule has 0 aliphatic heterocycles. The van der Waals surface area contributed by atoms with Crippen molar-refractivity contribution in [2.24, 2.45) is 0 Å². The number of nitrogens with one attached hydrogen (secondary N) is 4. The van der Waals surface area contributed by atoms with E-state index < -0.39 is 59.9 Å². The maximum atomic E-state index is 13.6. The molecule has 0 radical (unpaired) electrons. The number of amides is 6. The first-order valence-electron chi connectivity index (χ1n) is 20.8. The summed E-state index contributed by atoms with van der Waals surface area (Å²) in [5.74, 6) is -2.71. The average molecular weight is 1100 g/mol. The van der Waals surface area contributed by atoms with Gasteiger partial charge < -0.3 is 39.8 Å². The van der Waals surface area contributed by atoms with Gasteiger partial charge in [-0.05, 0) is 60.4 Å². The number of hydrogen-bond donors (Lipinski definition) is 5. The van der Waals surface area contributed by atoms with Gasteiger partial charge in [-0.2, -0.15) is 27.0 Å². The Hall–Kier alpha value is -6.18. The van der Waals surface area contributed by atoms with Crippen molar-refractivity contribution in [2.75, 3.05) is 45.1 Å². The summed E-state index contributed by atoms with van der Waals surface area (Å²) in [4.78, 5) is 83.7. The molecule has 5 N–H and O–H groups in total. The van der Waals surface area contributed by atoms with Crippen molar-refractivity contribution in [1.82, 2.24) is 30.4 Å². The van der Waals surface area contributed by atoms with Crippen molar-refractivity contribution in [3.8, 4) is 0 Å². The lowest BCUT2D eigenvalue weighted by Gasteiger charge is -2.28. The highest BCUT2D eigenvalue weighted by Crippen LogP contribution is 2.27. The van der Waals surface area contributed by atoms with E-state index in [4.69, 9.17) is 37.8 Å². The first-order chi connectivity index (χ1) is 33.0. The lowest BCUT2D eigenvalue weighted by Crippen LogP contribution is -2.46. The Morgan fingerprint density at radius 1 is 0.648 bits per heavy atom. The number of nitrogens with zero attached hydrogens (tertiary/aromatic N) is 4. The second-order valence-electron chi connectivity index (χ2n) is 14.7. The maximum Gasteiger partial charge on any atom is 0.413 e. The number of rotatable bonds is 18. The zero-order valence-electron chi connectivity index (χ0n) is 38.1. The number of fused-ring (bicyclic) bond motifs is 2. The molecule has 2 atom stereocenters. The van der Waals surface area contributed by atoms with Crippen LogP contribution in [0.5, 0.6) is 0 Å². The van der Waals surface area contributed by atoms with Crippen LogP contribution in [0.3, 0.4) is 0 Å². The number of anilines is 2. The number of carboxylic acids is 1. The molecule has 0 fully saturated rings. The van der Waals surface area contributed by atoms with Crippen LogP contribution in [0.4, 0.5) is 38.2 Å². The minimum Gasteiger partial charge on any atom is -0.481 e. The summed E-state index contributed by atoms with van der Waals surface area (Å²) in [6.45, 7) is -0.472. The number of likely N-dealkylation sites (N-methyl/N-ethyl adjacent to an activating group) is 2. The Kier molecular flexibility index (Phi) is 24.3. The van der Waals surface area contributed by atoms with Gasteiger partial charge in [0.05, 0.1) is 49.7 Å². The van der Waals surface area contributed by atoms with E-state index in [1.165, 1.54) is 77.9 Å². The van der Waals surface area contributed by atoms with Crippen LogP contribution < -0.4 is 21.3 Å². The highest BCUT2D eigenvalue weighted by atomic mass is 35.5. The van der Waals surface area contributed by atoms with Crippen LogP contribution in [0.25, 0.3) is 20.4 Å². The molecule has 18 nitrogen and oxygen atoms in total. The van der Waals surface area contributed by atoms with Crippen molar-refractivity contribution < 1.29 is 56.9 Å². The Labute approximate surface area is 438 Å². The number of halogens is 4. The normalized spacial score (nSPS) is 11.3. The Bertz CT molecular complexity index is 2710. The first-order valence-corrected chi connectivity index (χ1v) is 23.2. The van der Waals surface area contributed by atoms with E-state index in [0.29, 0.717) is 21.4 Å². The fourth-order valence-corrected chi connectivity index (χ4v) is 8.28. The number of thiazole rings is 2. The molecule has 0 saturated carbocycles. The molecule has 0 saturated heterocycles. The van der Waals surface area contributed by atoms with E-state index in [1.807, 2.05) is 48.5 Å². The molecule has 6 amide bonds. The predicted octanol–water partition coefficient (Wildman–Crippen LogP) is 9.74. The van der Waals surface area contributed by atoms with Gasteiger partial charge in [0, 0.05) is 40.0 Å². The lowest BCUT2D eigenvalue weighted by atomic mass is 10.1. The number of aromatic nitrogens is 2. The van der Waals surface area contributed by atoms with Crippen LogP contribution in [0.2, 0.25) is 10.0 Å². The summed E-state index contributed by atoms with van der Waals surface area (Å²) < 4.78 is 44.2. The predicted molar refractivity (Wildman–Crippen MR) is 278 cm³/mol. The maximum absolute atomic E-state index is 13.6. The molecule has 2 heterocycles. The van der Waals surface area contributed by atoms with E-state index in [9.17, 15) is 37.5 Å². The third-order valence-corrected chi connectivity index (χ3v) is 12.8. The molecular formula is C45H50Cl2F2N8O10S4. The molecule has 0 spiro atoms. The molecule has 2 aromatic heterocycles. The summed E-state index contributed by atoms with van der Waals surface area (Å²) in [6.07, 6.45) is -1.51. The zero-order valence-corrected chi connectivity index (χ0v) is 43.3. The van der Waals surface area contributed by atoms with Gasteiger partial charge in [-0.15, -0.1) is 0 Å². The van der Waals surface area contributed by atoms with Gasteiger partial charge in [0.1, 0.15) is 24.8 Å². The quantitative estimate of drug-likeness (QED) is 0.0400. The second-order valence-corrected chi connectivity index (χ2v) is 17.6. The van der Waals surface area contributed by atoms with Crippen molar-refractivity contribution in [3.05, 3.63) is 118 Å². The largest absolute Gasteiger partial charge is 0.481 e. The summed E-state index contributed by atoms with van der Waals surface area (Å²) in [7, 11) is 4.21. The number of urea groups is 2. The minimum atomic E-state index is -1.05. The van der Waals surface area contributed by atoms with Crippen LogP contribution >= 0.6 is 72.9 Å². The van der Waals surface area contributed by atoms with Gasteiger partial charge in [0.25, 0.3) is 0 Å². The van der Waals surface area contributed by atoms with E-state index in [1.54, 1.807) is 12.1 Å². The third-order valence-electron chi connectivity index (χ3n) is 10.1. The smallest absolute Gasteiger partial charge is 0.413 e. The number of esters is 1. The molecule has 71 heavy (non-hydrogen) atoms. The highest BCUT2D eigenvalue weighted by molar-refractivity contribution is 7.59. The van der Waals surface area contributed by atoms with Gasteiger partial charge in [-0.25, -0.2) is 37.9 Å². The molecule has 0 aliphatic rings. The number of methoxy groups -OCH3 is 1. The number of carboxylic acid groups (broad SMARTS) is 1. The van der Waals surface area contributed by atoms with Crippen LogP contribution in [0, 0.1) is 11.6 Å². The van der Waals surface area contributed by atoms with Gasteiger partial charge in [0.15, 0.2) is 10.3 Å². The SMILES string of the molecule is CN(C(=O)NCc1cccc(F)c1Cl)[C@@H](CCC(=O)O)COC(=O)Nc1nc2ccccc2s1.COC(=O)CC[C@@H](COC(=O)Nc1nc2ccccc2s1)N(C)C(=O)NCc1cccc(F)c1Cl.S.S. The van der Waals surface area contributed by atoms with E-state index in [0.717, 1.165) is 20.4 Å². The Balaban J connectivity index is 0.000000365. The van der Waals surface area contributed by atoms with Crippen molar-refractivity contribution in [3.63, 3.8) is 0 Å². The van der Waals surface area contributed by atoms with Crippen LogP contribution in [-0.2, 0) is 36.9 Å². The Morgan fingerprint density at radius 2 is 1.06 bits per heavy atom. The van der Waals surface area contributed by atoms with Crippen molar-refractivity contribution >= 4 is 140 Å². The third kappa shape index (κ3) is 18.2. The van der Waals surface area contributed by atoms with Crippen molar-refractivity contribution in [2.45, 2.75) is 50.9 Å². The molecule has 0 unspecified atom stereocenters. The summed E-state index contributed by atoms with van der Waals surface area (Å²) in [6, 6.07) is 20.9. The van der Waals surface area contributed by atoms with Crippen LogP contribution in [0.1, 0.15) is 36.8 Å². The van der Waals surface area contributed by atoms with E-state index in [2.05, 4.69) is 36.0 Å². The highest BCUT2D eigenvalue weighted by Gasteiger charge is 2.25.